The number of aromatic nitrogens is 2. The van der Waals surface area contributed by atoms with E-state index in [2.05, 4.69) is 22.1 Å². The van der Waals surface area contributed by atoms with Gasteiger partial charge in [-0.3, -0.25) is 9.59 Å². The van der Waals surface area contributed by atoms with Gasteiger partial charge in [0.1, 0.15) is 12.2 Å². The zero-order chi connectivity index (χ0) is 22.3. The van der Waals surface area contributed by atoms with E-state index in [1.807, 2.05) is 84.9 Å². The van der Waals surface area contributed by atoms with E-state index in [9.17, 15) is 4.79 Å². The normalized spacial score (nSPS) is 9.06. The van der Waals surface area contributed by atoms with Gasteiger partial charge in [-0.25, -0.2) is 0 Å². The standard InChI is InChI=1S/2C11H8N.C5H8O2.Ir/c2*1-2-6-10(7-3-1)11-8-4-5-9-12-11;1-4(6)3-5(2)7;/h2*1-6,8-9H;3H2,1-2H3;/q2*-1;;/p+1. The fourth-order valence-electron chi connectivity index (χ4n) is 2.51. The van der Waals surface area contributed by atoms with Crippen LogP contribution in [-0.4, -0.2) is 26.3 Å². The molecular weight excluding hydrogens is 577 g/mol. The number of hydrogen-bond donors (Lipinski definition) is 0. The van der Waals surface area contributed by atoms with Crippen molar-refractivity contribution >= 4 is 11.6 Å². The van der Waals surface area contributed by atoms with Crippen LogP contribution < -0.4 is 0 Å². The summed E-state index contributed by atoms with van der Waals surface area (Å²) < 4.78 is 0. The van der Waals surface area contributed by atoms with Crippen LogP contribution in [0.25, 0.3) is 22.5 Å². The summed E-state index contributed by atoms with van der Waals surface area (Å²) in [5.41, 5.74) is 4.02. The molecule has 0 saturated carbocycles. The fraction of sp³-hybridized carbons (Fsp3) is 0.111. The summed E-state index contributed by atoms with van der Waals surface area (Å²) in [5, 5.41) is 0. The molecule has 0 spiro atoms. The molecule has 4 aromatic rings. The van der Waals surface area contributed by atoms with Crippen molar-refractivity contribution in [1.82, 2.24) is 9.97 Å². The predicted octanol–water partition coefficient (Wildman–Crippen LogP) is 5.63. The quantitative estimate of drug-likeness (QED) is 0.173. The van der Waals surface area contributed by atoms with E-state index in [1.165, 1.54) is 13.8 Å². The first-order valence-electron chi connectivity index (χ1n) is 9.83. The Morgan fingerprint density at radius 1 is 0.750 bits per heavy atom. The Labute approximate surface area is 203 Å². The molecule has 0 aliphatic rings. The molecule has 4 nitrogen and oxygen atoms in total. The van der Waals surface area contributed by atoms with Gasteiger partial charge in [-0.05, 0) is 30.4 Å². The number of hydrogen-bond acceptors (Lipinski definition) is 3. The first-order valence-corrected chi connectivity index (χ1v) is 9.83. The molecule has 32 heavy (non-hydrogen) atoms. The Hall–Kier alpha value is -3.27. The second-order valence-electron chi connectivity index (χ2n) is 6.60. The van der Waals surface area contributed by atoms with Crippen molar-refractivity contribution in [1.29, 1.82) is 0 Å². The van der Waals surface area contributed by atoms with Crippen LogP contribution in [-0.2, 0) is 24.9 Å². The second kappa shape index (κ2) is 15.5. The minimum absolute atomic E-state index is 0. The van der Waals surface area contributed by atoms with Crippen molar-refractivity contribution in [2.75, 3.05) is 0 Å². The van der Waals surface area contributed by atoms with Gasteiger partial charge in [-0.15, -0.1) is 71.8 Å². The van der Waals surface area contributed by atoms with Gasteiger partial charge in [0, 0.05) is 39.4 Å². The topological polar surface area (TPSA) is 64.2 Å². The van der Waals surface area contributed by atoms with Crippen LogP contribution in [0, 0.1) is 12.1 Å². The van der Waals surface area contributed by atoms with Gasteiger partial charge in [0.05, 0.1) is 0 Å². The van der Waals surface area contributed by atoms with Crippen molar-refractivity contribution in [2.45, 2.75) is 20.3 Å². The molecule has 1 radical (unpaired) electrons. The number of nitrogens with zero attached hydrogens (tertiary/aromatic N) is 2. The molecule has 0 saturated heterocycles. The summed E-state index contributed by atoms with van der Waals surface area (Å²) >= 11 is 0. The van der Waals surface area contributed by atoms with Crippen molar-refractivity contribution < 1.29 is 29.7 Å². The van der Waals surface area contributed by atoms with E-state index in [-0.39, 0.29) is 38.1 Å². The molecule has 0 bridgehead atoms. The molecule has 2 heterocycles. The number of rotatable bonds is 4. The number of carbonyl (C=O) groups is 1. The first-order chi connectivity index (χ1) is 15.1. The van der Waals surface area contributed by atoms with Gasteiger partial charge >= 0.3 is 0 Å². The average molecular weight is 602 g/mol. The van der Waals surface area contributed by atoms with E-state index in [0.717, 1.165) is 22.5 Å². The second-order valence-corrected chi connectivity index (χ2v) is 6.60. The van der Waals surface area contributed by atoms with Gasteiger partial charge in [-0.1, -0.05) is 24.3 Å². The number of pyridine rings is 2. The van der Waals surface area contributed by atoms with Crippen molar-refractivity contribution in [3.63, 3.8) is 0 Å². The Balaban J connectivity index is 0.000000246. The van der Waals surface area contributed by atoms with Gasteiger partial charge in [0.25, 0.3) is 5.78 Å². The molecule has 0 fully saturated rings. The van der Waals surface area contributed by atoms with Crippen LogP contribution >= 0.6 is 0 Å². The molecule has 1 N–H and O–H groups in total. The van der Waals surface area contributed by atoms with Crippen LogP contribution in [0.1, 0.15) is 20.3 Å². The van der Waals surface area contributed by atoms with E-state index in [0.29, 0.717) is 0 Å². The number of benzene rings is 2. The Morgan fingerprint density at radius 3 is 1.44 bits per heavy atom. The molecule has 4 rings (SSSR count). The van der Waals surface area contributed by atoms with Crippen molar-refractivity contribution in [3.05, 3.63) is 109 Å². The summed E-state index contributed by atoms with van der Waals surface area (Å²) in [6.07, 6.45) is 3.77. The molecular formula is C27H25IrN2O2-. The maximum Gasteiger partial charge on any atom is 0.297 e. The number of ketones is 2. The third-order valence-electron chi connectivity index (χ3n) is 3.80. The molecule has 0 unspecified atom stereocenters. The van der Waals surface area contributed by atoms with Crippen molar-refractivity contribution in [2.24, 2.45) is 0 Å². The SMILES string of the molecule is CC(=O)CC(C)=[OH+].[Ir].[c-]1ccccc1-c1ccccn1.[c-]1ccccc1-c1ccccn1. The zero-order valence-electron chi connectivity index (χ0n) is 18.0. The van der Waals surface area contributed by atoms with Gasteiger partial charge < -0.3 is 9.97 Å². The van der Waals surface area contributed by atoms with E-state index >= 15 is 0 Å². The maximum absolute atomic E-state index is 10.1. The molecule has 2 aromatic carbocycles. The molecule has 0 aliphatic heterocycles. The van der Waals surface area contributed by atoms with E-state index in [4.69, 9.17) is 4.79 Å². The Kier molecular flexibility index (Phi) is 13.0. The summed E-state index contributed by atoms with van der Waals surface area (Å²) in [6.45, 7) is 2.96. The largest absolute Gasteiger partial charge is 0.305 e. The summed E-state index contributed by atoms with van der Waals surface area (Å²) in [6, 6.07) is 33.6. The minimum atomic E-state index is 0. The van der Waals surface area contributed by atoms with Crippen molar-refractivity contribution in [3.8, 4) is 22.5 Å². The third-order valence-corrected chi connectivity index (χ3v) is 3.80. The van der Waals surface area contributed by atoms with E-state index in [1.54, 1.807) is 12.4 Å². The van der Waals surface area contributed by atoms with Gasteiger partial charge in [-0.2, -0.15) is 0 Å². The summed E-state index contributed by atoms with van der Waals surface area (Å²) in [7, 11) is 0. The fourth-order valence-corrected chi connectivity index (χ4v) is 2.51. The van der Waals surface area contributed by atoms with Gasteiger partial charge in [0.2, 0.25) is 0 Å². The van der Waals surface area contributed by atoms with Crippen LogP contribution in [0.5, 0.6) is 0 Å². The zero-order valence-corrected chi connectivity index (χ0v) is 20.4. The first kappa shape index (κ1) is 26.8. The van der Waals surface area contributed by atoms with Gasteiger partial charge in [0.15, 0.2) is 0 Å². The Morgan fingerprint density at radius 2 is 1.19 bits per heavy atom. The van der Waals surface area contributed by atoms with Crippen LogP contribution in [0.15, 0.2) is 97.3 Å². The smallest absolute Gasteiger partial charge is 0.297 e. The van der Waals surface area contributed by atoms with Crippen LogP contribution in [0.3, 0.4) is 0 Å². The Bertz CT molecular complexity index is 880. The minimum Gasteiger partial charge on any atom is -0.305 e. The molecule has 0 amide bonds. The van der Waals surface area contributed by atoms with E-state index < -0.39 is 0 Å². The molecule has 5 heteroatoms. The average Bonchev–Trinajstić information content (AvgIpc) is 2.81. The number of Topliss-reactive ketones (excluding diaryl/α,β-unsaturated/α-hetero) is 1. The predicted molar refractivity (Wildman–Crippen MR) is 125 cm³/mol. The molecule has 0 aliphatic carbocycles. The monoisotopic (exact) mass is 602 g/mol. The third kappa shape index (κ3) is 10.7. The maximum atomic E-state index is 10.1. The summed E-state index contributed by atoms with van der Waals surface area (Å²) in [4.78, 5) is 26.9. The molecule has 0 atom stereocenters. The summed E-state index contributed by atoms with van der Waals surface area (Å²) in [5.74, 6) is 0.188. The van der Waals surface area contributed by atoms with Crippen LogP contribution in [0.4, 0.5) is 0 Å². The molecule has 2 aromatic heterocycles. The number of carbonyl (C=O) groups excluding carboxylic acids is 2. The van der Waals surface area contributed by atoms with Crippen LogP contribution in [0.2, 0.25) is 0 Å². The molecule has 165 valence electrons.